The van der Waals surface area contributed by atoms with E-state index in [0.29, 0.717) is 36.5 Å². The topological polar surface area (TPSA) is 121 Å². The Morgan fingerprint density at radius 1 is 1.30 bits per heavy atom. The number of anilines is 2. The van der Waals surface area contributed by atoms with Crippen molar-refractivity contribution in [3.05, 3.63) is 54.1 Å². The van der Waals surface area contributed by atoms with Gasteiger partial charge in [0.15, 0.2) is 6.10 Å². The molecule has 158 valence electrons. The summed E-state index contributed by atoms with van der Waals surface area (Å²) in [6.45, 7) is 3.69. The fourth-order valence-corrected chi connectivity index (χ4v) is 3.23. The van der Waals surface area contributed by atoms with Crippen molar-refractivity contribution in [3.63, 3.8) is 0 Å². The summed E-state index contributed by atoms with van der Waals surface area (Å²) in [7, 11) is 0. The van der Waals surface area contributed by atoms with E-state index in [1.165, 1.54) is 0 Å². The number of hydrogen-bond donors (Lipinski definition) is 4. The second-order valence-electron chi connectivity index (χ2n) is 7.09. The Balaban J connectivity index is 1.66. The zero-order chi connectivity index (χ0) is 21.5. The van der Waals surface area contributed by atoms with Gasteiger partial charge in [0.05, 0.1) is 6.54 Å². The van der Waals surface area contributed by atoms with Crippen LogP contribution in [0.1, 0.15) is 25.3 Å². The van der Waals surface area contributed by atoms with Gasteiger partial charge in [0.25, 0.3) is 5.91 Å². The number of amidine groups is 1. The van der Waals surface area contributed by atoms with Gasteiger partial charge in [-0.25, -0.2) is 0 Å². The largest absolute Gasteiger partial charge is 0.481 e. The molecule has 2 amide bonds. The quantitative estimate of drug-likeness (QED) is 0.393. The molecule has 0 aromatic heterocycles. The average molecular weight is 409 g/mol. The Labute approximate surface area is 175 Å². The number of nitrogens with one attached hydrogen (secondary N) is 3. The highest BCUT2D eigenvalue weighted by atomic mass is 16.5. The van der Waals surface area contributed by atoms with Gasteiger partial charge >= 0.3 is 0 Å². The van der Waals surface area contributed by atoms with Crippen LogP contribution >= 0.6 is 0 Å². The SMILES string of the molecule is CCCC(Oc1cccc(C(=N)N)c1)C(=O)Nc1ccc(N2CCNCC2=O)cc1. The predicted octanol–water partition coefficient (Wildman–Crippen LogP) is 2.09. The number of carbonyl (C=O) groups is 2. The minimum Gasteiger partial charge on any atom is -0.481 e. The molecular weight excluding hydrogens is 382 g/mol. The summed E-state index contributed by atoms with van der Waals surface area (Å²) in [4.78, 5) is 26.5. The fraction of sp³-hybridized carbons (Fsp3) is 0.318. The maximum Gasteiger partial charge on any atom is 0.265 e. The van der Waals surface area contributed by atoms with Crippen LogP contribution in [-0.4, -0.2) is 43.4 Å². The number of ether oxygens (including phenoxy) is 1. The van der Waals surface area contributed by atoms with Crippen molar-refractivity contribution in [2.75, 3.05) is 29.9 Å². The molecule has 1 atom stereocenters. The number of amides is 2. The van der Waals surface area contributed by atoms with E-state index < -0.39 is 6.10 Å². The summed E-state index contributed by atoms with van der Waals surface area (Å²) in [5.41, 5.74) is 7.51. The van der Waals surface area contributed by atoms with Crippen molar-refractivity contribution in [3.8, 4) is 5.75 Å². The summed E-state index contributed by atoms with van der Waals surface area (Å²) in [5, 5.41) is 13.5. The third kappa shape index (κ3) is 5.36. The Kier molecular flexibility index (Phi) is 7.03. The number of nitrogens with two attached hydrogens (primary N) is 1. The lowest BCUT2D eigenvalue weighted by atomic mass is 10.1. The third-order valence-corrected chi connectivity index (χ3v) is 4.80. The number of benzene rings is 2. The van der Waals surface area contributed by atoms with Gasteiger partial charge in [-0.3, -0.25) is 15.0 Å². The summed E-state index contributed by atoms with van der Waals surface area (Å²) < 4.78 is 5.89. The Morgan fingerprint density at radius 2 is 2.07 bits per heavy atom. The maximum atomic E-state index is 12.8. The van der Waals surface area contributed by atoms with Crippen LogP contribution in [-0.2, 0) is 9.59 Å². The first-order valence-corrected chi connectivity index (χ1v) is 10.0. The molecule has 1 heterocycles. The molecule has 0 bridgehead atoms. The molecule has 3 rings (SSSR count). The van der Waals surface area contributed by atoms with Crippen LogP contribution in [0.3, 0.4) is 0 Å². The van der Waals surface area contributed by atoms with E-state index in [-0.39, 0.29) is 17.6 Å². The molecule has 1 aliphatic rings. The minimum atomic E-state index is -0.674. The van der Waals surface area contributed by atoms with Crippen molar-refractivity contribution in [1.29, 1.82) is 5.41 Å². The van der Waals surface area contributed by atoms with Crippen LogP contribution in [0.2, 0.25) is 0 Å². The highest BCUT2D eigenvalue weighted by molar-refractivity contribution is 5.97. The fourth-order valence-electron chi connectivity index (χ4n) is 3.23. The van der Waals surface area contributed by atoms with Gasteiger partial charge in [-0.15, -0.1) is 0 Å². The predicted molar refractivity (Wildman–Crippen MR) is 117 cm³/mol. The summed E-state index contributed by atoms with van der Waals surface area (Å²) >= 11 is 0. The zero-order valence-electron chi connectivity index (χ0n) is 17.0. The second-order valence-corrected chi connectivity index (χ2v) is 7.09. The van der Waals surface area contributed by atoms with Crippen molar-refractivity contribution < 1.29 is 14.3 Å². The maximum absolute atomic E-state index is 12.8. The van der Waals surface area contributed by atoms with Gasteiger partial charge in [0.2, 0.25) is 5.91 Å². The van der Waals surface area contributed by atoms with Gasteiger partial charge in [-0.1, -0.05) is 25.5 Å². The number of hydrogen-bond acceptors (Lipinski definition) is 5. The second kappa shape index (κ2) is 9.89. The zero-order valence-corrected chi connectivity index (χ0v) is 17.0. The van der Waals surface area contributed by atoms with E-state index in [1.54, 1.807) is 41.3 Å². The molecule has 5 N–H and O–H groups in total. The molecule has 2 aromatic rings. The molecule has 8 nitrogen and oxygen atoms in total. The standard InChI is InChI=1S/C22H27N5O3/c1-2-4-19(30-18-6-3-5-15(13-18)21(23)24)22(29)26-16-7-9-17(10-8-16)27-12-11-25-14-20(27)28/h3,5-10,13,19,25H,2,4,11-12,14H2,1H3,(H3,23,24)(H,26,29). The van der Waals surface area contributed by atoms with E-state index in [2.05, 4.69) is 10.6 Å². The van der Waals surface area contributed by atoms with Crippen LogP contribution in [0.25, 0.3) is 0 Å². The van der Waals surface area contributed by atoms with Crippen LogP contribution in [0, 0.1) is 5.41 Å². The van der Waals surface area contributed by atoms with Gasteiger partial charge in [-0.2, -0.15) is 0 Å². The molecule has 0 aliphatic carbocycles. The van der Waals surface area contributed by atoms with Crippen molar-refractivity contribution in [2.24, 2.45) is 5.73 Å². The first-order valence-electron chi connectivity index (χ1n) is 10.0. The van der Waals surface area contributed by atoms with E-state index in [0.717, 1.165) is 18.7 Å². The van der Waals surface area contributed by atoms with Crippen LogP contribution in [0.4, 0.5) is 11.4 Å². The average Bonchev–Trinajstić information content (AvgIpc) is 2.74. The lowest BCUT2D eigenvalue weighted by molar-refractivity contribution is -0.123. The Bertz CT molecular complexity index is 913. The molecule has 0 radical (unpaired) electrons. The lowest BCUT2D eigenvalue weighted by Gasteiger charge is -2.27. The molecule has 1 saturated heterocycles. The third-order valence-electron chi connectivity index (χ3n) is 4.80. The molecule has 1 fully saturated rings. The number of nitrogens with zero attached hydrogens (tertiary/aromatic N) is 1. The first-order chi connectivity index (χ1) is 14.5. The van der Waals surface area contributed by atoms with Crippen molar-refractivity contribution in [2.45, 2.75) is 25.9 Å². The minimum absolute atomic E-state index is 0.0298. The molecule has 1 aliphatic heterocycles. The first kappa shape index (κ1) is 21.3. The van der Waals surface area contributed by atoms with Gasteiger partial charge in [-0.05, 0) is 42.8 Å². The summed E-state index contributed by atoms with van der Waals surface area (Å²) in [6.07, 6.45) is 0.643. The molecule has 0 spiro atoms. The monoisotopic (exact) mass is 409 g/mol. The van der Waals surface area contributed by atoms with Crippen LogP contribution in [0.15, 0.2) is 48.5 Å². The molecule has 0 saturated carbocycles. The van der Waals surface area contributed by atoms with Crippen molar-refractivity contribution in [1.82, 2.24) is 5.32 Å². The number of carbonyl (C=O) groups excluding carboxylic acids is 2. The van der Waals surface area contributed by atoms with E-state index in [4.69, 9.17) is 15.9 Å². The number of piperazine rings is 1. The summed E-state index contributed by atoms with van der Waals surface area (Å²) in [6, 6.07) is 14.1. The lowest BCUT2D eigenvalue weighted by Crippen LogP contribution is -2.48. The van der Waals surface area contributed by atoms with Gasteiger partial charge in [0, 0.05) is 30.0 Å². The summed E-state index contributed by atoms with van der Waals surface area (Å²) in [5.74, 6) is 0.210. The van der Waals surface area contributed by atoms with Gasteiger partial charge < -0.3 is 26.0 Å². The number of rotatable bonds is 8. The molecular formula is C22H27N5O3. The highest BCUT2D eigenvalue weighted by Gasteiger charge is 2.21. The Morgan fingerprint density at radius 3 is 2.73 bits per heavy atom. The smallest absolute Gasteiger partial charge is 0.265 e. The molecule has 2 aromatic carbocycles. The highest BCUT2D eigenvalue weighted by Crippen LogP contribution is 2.21. The van der Waals surface area contributed by atoms with Crippen LogP contribution in [0.5, 0.6) is 5.75 Å². The molecule has 30 heavy (non-hydrogen) atoms. The normalized spacial score (nSPS) is 14.8. The van der Waals surface area contributed by atoms with Crippen LogP contribution < -0.4 is 26.0 Å². The van der Waals surface area contributed by atoms with E-state index >= 15 is 0 Å². The van der Waals surface area contributed by atoms with Crippen molar-refractivity contribution >= 4 is 29.0 Å². The van der Waals surface area contributed by atoms with Gasteiger partial charge in [0.1, 0.15) is 11.6 Å². The Hall–Kier alpha value is -3.39. The molecule has 1 unspecified atom stereocenters. The number of nitrogen functional groups attached to an aromatic ring is 1. The van der Waals surface area contributed by atoms with E-state index in [1.807, 2.05) is 19.1 Å². The molecule has 8 heteroatoms. The van der Waals surface area contributed by atoms with E-state index in [9.17, 15) is 9.59 Å².